The maximum atomic E-state index is 3.60. The minimum Gasteiger partial charge on any atom is -0.179 e. The van der Waals surface area contributed by atoms with Crippen molar-refractivity contribution < 1.29 is 49.0 Å². The van der Waals surface area contributed by atoms with Crippen molar-refractivity contribution in [3.8, 4) is 11.1 Å². The van der Waals surface area contributed by atoms with Crippen LogP contribution in [0.15, 0.2) is 134 Å². The zero-order valence-corrected chi connectivity index (χ0v) is 23.9. The van der Waals surface area contributed by atoms with Crippen LogP contribution < -0.4 is 24.8 Å². The van der Waals surface area contributed by atoms with Crippen molar-refractivity contribution in [2.45, 2.75) is 12.8 Å². The largest absolute Gasteiger partial charge is 0.179 e. The van der Waals surface area contributed by atoms with E-state index in [4.69, 9.17) is 0 Å². The Morgan fingerprint density at radius 3 is 1.89 bits per heavy atom. The predicted octanol–water partition coefficient (Wildman–Crippen LogP) is 1.73. The van der Waals surface area contributed by atoms with Crippen LogP contribution in [0.25, 0.3) is 11.1 Å². The summed E-state index contributed by atoms with van der Waals surface area (Å²) < 4.78 is 1.42. The van der Waals surface area contributed by atoms with Gasteiger partial charge in [-0.25, -0.2) is 6.08 Å². The first-order chi connectivity index (χ1) is 16.8. The molecule has 0 unspecified atom stereocenters. The summed E-state index contributed by atoms with van der Waals surface area (Å²) in [5.74, 6) is 0. The van der Waals surface area contributed by atoms with E-state index in [9.17, 15) is 0 Å². The van der Waals surface area contributed by atoms with E-state index in [-0.39, 0.29) is 24.8 Å². The molecule has 0 amide bonds. The molecular formula is C33H26Cl2Zr-2. The average Bonchev–Trinajstić information content (AvgIpc) is 3.58. The zero-order chi connectivity index (χ0) is 23.6. The van der Waals surface area contributed by atoms with Gasteiger partial charge >= 0.3 is 99.2 Å². The summed E-state index contributed by atoms with van der Waals surface area (Å²) in [4.78, 5) is 0. The van der Waals surface area contributed by atoms with Crippen LogP contribution in [-0.4, -0.2) is 3.21 Å². The Bertz CT molecular complexity index is 1240. The zero-order valence-electron chi connectivity index (χ0n) is 19.9. The molecule has 0 nitrogen and oxygen atoms in total. The molecule has 0 aromatic heterocycles. The molecule has 2 aliphatic rings. The second-order valence-corrected chi connectivity index (χ2v) is 9.19. The molecule has 3 heteroatoms. The minimum atomic E-state index is 0. The molecule has 0 N–H and O–H groups in total. The number of hydrogen-bond donors (Lipinski definition) is 0. The summed E-state index contributed by atoms with van der Waals surface area (Å²) in [6.45, 7) is 3.60. The van der Waals surface area contributed by atoms with Crippen molar-refractivity contribution >= 4 is 3.21 Å². The first kappa shape index (κ1) is 29.7. The molecule has 4 aromatic carbocycles. The van der Waals surface area contributed by atoms with Crippen LogP contribution in [0.1, 0.15) is 28.7 Å². The van der Waals surface area contributed by atoms with Gasteiger partial charge in [0, 0.05) is 0 Å². The van der Waals surface area contributed by atoms with Crippen molar-refractivity contribution in [1.29, 1.82) is 0 Å². The second kappa shape index (κ2) is 15.5. The maximum absolute atomic E-state index is 3.60. The number of halogens is 2. The van der Waals surface area contributed by atoms with Crippen LogP contribution in [0.2, 0.25) is 0 Å². The van der Waals surface area contributed by atoms with Gasteiger partial charge in [0.25, 0.3) is 0 Å². The SMILES string of the molecule is C=CC1=CC[C-]=C1.[Cl-].[Cl-].[Zr+2]=[C](c1ccccc1)c1ccccc1.[c-]1cccc2c1Cc1ccccc1-2. The molecule has 0 radical (unpaired) electrons. The molecule has 6 rings (SSSR count). The van der Waals surface area contributed by atoms with Crippen molar-refractivity contribution in [1.82, 2.24) is 0 Å². The van der Waals surface area contributed by atoms with Crippen LogP contribution >= 0.6 is 0 Å². The van der Waals surface area contributed by atoms with E-state index >= 15 is 0 Å². The third kappa shape index (κ3) is 7.97. The average molecular weight is 585 g/mol. The van der Waals surface area contributed by atoms with Crippen LogP contribution in [-0.2, 0) is 30.7 Å². The van der Waals surface area contributed by atoms with Crippen molar-refractivity contribution in [3.05, 3.63) is 168 Å². The molecule has 0 saturated heterocycles. The van der Waals surface area contributed by atoms with E-state index in [2.05, 4.69) is 122 Å². The molecule has 0 spiro atoms. The van der Waals surface area contributed by atoms with Gasteiger partial charge in [-0.15, -0.1) is 24.6 Å². The monoisotopic (exact) mass is 582 g/mol. The maximum Gasteiger partial charge on any atom is -0.0253 e. The Morgan fingerprint density at radius 2 is 1.33 bits per heavy atom. The summed E-state index contributed by atoms with van der Waals surface area (Å²) in [7, 11) is 0. The normalized spacial score (nSPS) is 11.6. The molecule has 2 aliphatic carbocycles. The van der Waals surface area contributed by atoms with E-state index in [1.807, 2.05) is 18.2 Å². The molecule has 0 atom stereocenters. The van der Waals surface area contributed by atoms with Crippen LogP contribution in [0.3, 0.4) is 0 Å². The molecule has 0 heterocycles. The molecule has 0 bridgehead atoms. The van der Waals surface area contributed by atoms with Crippen molar-refractivity contribution in [2.75, 3.05) is 0 Å². The second-order valence-electron chi connectivity index (χ2n) is 7.96. The fourth-order valence-corrected chi connectivity index (χ4v) is 4.75. The van der Waals surface area contributed by atoms with Gasteiger partial charge < -0.3 is 24.8 Å². The molecule has 178 valence electrons. The van der Waals surface area contributed by atoms with Crippen molar-refractivity contribution in [2.24, 2.45) is 0 Å². The van der Waals surface area contributed by atoms with Gasteiger partial charge in [0.1, 0.15) is 0 Å². The Hall–Kier alpha value is -2.57. The molecule has 0 fully saturated rings. The summed E-state index contributed by atoms with van der Waals surface area (Å²) in [5.41, 5.74) is 9.37. The molecule has 4 aromatic rings. The number of fused-ring (bicyclic) bond motifs is 3. The topological polar surface area (TPSA) is 0 Å². The van der Waals surface area contributed by atoms with Gasteiger partial charge in [-0.2, -0.15) is 41.5 Å². The Balaban J connectivity index is 0.000000194. The van der Waals surface area contributed by atoms with Gasteiger partial charge in [-0.3, -0.25) is 6.08 Å². The summed E-state index contributed by atoms with van der Waals surface area (Å²) >= 11 is 1.46. The first-order valence-electron chi connectivity index (χ1n) is 11.4. The number of rotatable bonds is 3. The van der Waals surface area contributed by atoms with Gasteiger partial charge in [0.15, 0.2) is 0 Å². The van der Waals surface area contributed by atoms with E-state index in [1.54, 1.807) is 0 Å². The van der Waals surface area contributed by atoms with Gasteiger partial charge in [0.05, 0.1) is 0 Å². The van der Waals surface area contributed by atoms with Crippen LogP contribution in [0.5, 0.6) is 0 Å². The van der Waals surface area contributed by atoms with Gasteiger partial charge in [-0.1, -0.05) is 35.4 Å². The number of hydrogen-bond acceptors (Lipinski definition) is 0. The van der Waals surface area contributed by atoms with Crippen molar-refractivity contribution in [3.63, 3.8) is 0 Å². The van der Waals surface area contributed by atoms with E-state index in [0.29, 0.717) is 0 Å². The number of benzene rings is 4. The third-order valence-corrected chi connectivity index (χ3v) is 7.12. The van der Waals surface area contributed by atoms with E-state index in [0.717, 1.165) is 12.8 Å². The van der Waals surface area contributed by atoms with Crippen LogP contribution in [0, 0.1) is 12.1 Å². The van der Waals surface area contributed by atoms with Gasteiger partial charge in [-0.05, 0) is 6.42 Å². The van der Waals surface area contributed by atoms with E-state index < -0.39 is 0 Å². The van der Waals surface area contributed by atoms with E-state index in [1.165, 1.54) is 66.4 Å². The summed E-state index contributed by atoms with van der Waals surface area (Å²) in [6, 6.07) is 39.2. The molecule has 0 aliphatic heterocycles. The molecule has 0 saturated carbocycles. The summed E-state index contributed by atoms with van der Waals surface area (Å²) in [5, 5.41) is 0. The fourth-order valence-electron chi connectivity index (χ4n) is 3.93. The smallest absolute Gasteiger partial charge is 0.0253 e. The van der Waals surface area contributed by atoms with Crippen LogP contribution in [0.4, 0.5) is 0 Å². The number of allylic oxidation sites excluding steroid dienone is 5. The first-order valence-corrected chi connectivity index (χ1v) is 12.7. The Labute approximate surface area is 242 Å². The third-order valence-electron chi connectivity index (χ3n) is 5.70. The predicted molar refractivity (Wildman–Crippen MR) is 140 cm³/mol. The minimum absolute atomic E-state index is 0. The summed E-state index contributed by atoms with van der Waals surface area (Å²) in [6.07, 6.45) is 10.9. The molecule has 36 heavy (non-hydrogen) atoms. The van der Waals surface area contributed by atoms with Gasteiger partial charge in [0.2, 0.25) is 0 Å². The Morgan fingerprint density at radius 1 is 0.750 bits per heavy atom. The fraction of sp³-hybridized carbons (Fsp3) is 0.0606. The standard InChI is InChI=1S/C13H9.C13H10.C7H7.2ClH.Zr/c1-3-7-12-10(5-1)9-11-6-2-4-8-13(11)12;1-3-7-12(8-4-1)11-13-9-5-2-6-10-13;1-2-7-5-3-4-6-7;;;/h1-5,7-8H,9H2;1-10H;2,5-6H,1,3H2;2*1H;/q-1;;-1;;;+2/p-2. The quantitative estimate of drug-likeness (QED) is 0.284. The Kier molecular flexibility index (Phi) is 12.8. The molecular weight excluding hydrogens is 558 g/mol.